The van der Waals surface area contributed by atoms with Crippen molar-refractivity contribution in [2.45, 2.75) is 33.1 Å². The third-order valence-corrected chi connectivity index (χ3v) is 3.47. The minimum atomic E-state index is 0.544. The molecule has 0 saturated heterocycles. The molecule has 1 N–H and O–H groups in total. The highest BCUT2D eigenvalue weighted by atomic mass is 35.5. The Labute approximate surface area is 130 Å². The predicted octanol–water partition coefficient (Wildman–Crippen LogP) is 4.48. The summed E-state index contributed by atoms with van der Waals surface area (Å²) in [7, 11) is 1.83. The Hall–Kier alpha value is -1.81. The number of halogens is 1. The summed E-state index contributed by atoms with van der Waals surface area (Å²) in [5, 5.41) is 3.79. The van der Waals surface area contributed by atoms with E-state index < -0.39 is 0 Å². The van der Waals surface area contributed by atoms with Crippen molar-refractivity contribution >= 4 is 17.4 Å². The van der Waals surface area contributed by atoms with Crippen LogP contribution in [-0.4, -0.2) is 17.0 Å². The number of nitrogens with one attached hydrogen (secondary N) is 1. The number of anilines is 1. The van der Waals surface area contributed by atoms with Gasteiger partial charge in [-0.2, -0.15) is 4.98 Å². The minimum Gasteiger partial charge on any atom is -0.439 e. The molecular formula is C16H20ClN3O. The Morgan fingerprint density at radius 2 is 2.00 bits per heavy atom. The number of aryl methyl sites for hydroxylation is 2. The summed E-state index contributed by atoms with van der Waals surface area (Å²) < 4.78 is 5.86. The van der Waals surface area contributed by atoms with Gasteiger partial charge in [0.05, 0.1) is 0 Å². The van der Waals surface area contributed by atoms with Gasteiger partial charge >= 0.3 is 0 Å². The number of hydrogen-bond acceptors (Lipinski definition) is 4. The van der Waals surface area contributed by atoms with Crippen LogP contribution < -0.4 is 10.1 Å². The summed E-state index contributed by atoms with van der Waals surface area (Å²) >= 11 is 6.12. The Morgan fingerprint density at radius 3 is 2.67 bits per heavy atom. The van der Waals surface area contributed by atoms with Gasteiger partial charge in [0.15, 0.2) is 0 Å². The monoisotopic (exact) mass is 305 g/mol. The third kappa shape index (κ3) is 4.08. The first-order valence-corrected chi connectivity index (χ1v) is 7.56. The summed E-state index contributed by atoms with van der Waals surface area (Å²) in [6.07, 6.45) is 2.68. The Kier molecular flexibility index (Phi) is 5.39. The molecule has 0 radical (unpaired) electrons. The van der Waals surface area contributed by atoms with Crippen molar-refractivity contribution in [2.75, 3.05) is 12.4 Å². The van der Waals surface area contributed by atoms with E-state index in [1.54, 1.807) is 6.07 Å². The van der Waals surface area contributed by atoms with Crippen LogP contribution in [0.3, 0.4) is 0 Å². The van der Waals surface area contributed by atoms with Crippen LogP contribution in [0.4, 0.5) is 5.82 Å². The van der Waals surface area contributed by atoms with E-state index in [4.69, 9.17) is 16.3 Å². The summed E-state index contributed by atoms with van der Waals surface area (Å²) in [5.74, 6) is 2.82. The minimum absolute atomic E-state index is 0.544. The molecule has 0 aliphatic heterocycles. The first-order chi connectivity index (χ1) is 10.2. The second-order valence-corrected chi connectivity index (χ2v) is 5.12. The first kappa shape index (κ1) is 15.6. The maximum Gasteiger partial charge on any atom is 0.224 e. The fraction of sp³-hybridized carbons (Fsp3) is 0.375. The standard InChI is InChI=1S/C16H20ClN3O/c1-4-6-14-19-15(18-3)10-16(20-14)21-12-7-8-13(17)11(5-2)9-12/h7-10H,4-6H2,1-3H3,(H,18,19,20). The van der Waals surface area contributed by atoms with Crippen molar-refractivity contribution in [3.63, 3.8) is 0 Å². The zero-order chi connectivity index (χ0) is 15.2. The molecule has 1 aromatic heterocycles. The van der Waals surface area contributed by atoms with Crippen LogP contribution in [0.15, 0.2) is 24.3 Å². The van der Waals surface area contributed by atoms with Crippen molar-refractivity contribution in [1.82, 2.24) is 9.97 Å². The Bertz CT molecular complexity index is 616. The number of ether oxygens (including phenoxy) is 1. The molecule has 112 valence electrons. The van der Waals surface area contributed by atoms with E-state index in [1.165, 1.54) is 0 Å². The molecule has 1 heterocycles. The molecular weight excluding hydrogens is 286 g/mol. The zero-order valence-corrected chi connectivity index (χ0v) is 13.4. The maximum absolute atomic E-state index is 6.12. The van der Waals surface area contributed by atoms with E-state index in [0.717, 1.165) is 47.2 Å². The van der Waals surface area contributed by atoms with Crippen LogP contribution in [0.25, 0.3) is 0 Å². The summed E-state index contributed by atoms with van der Waals surface area (Å²) in [4.78, 5) is 8.85. The van der Waals surface area contributed by atoms with Crippen LogP contribution in [0.2, 0.25) is 5.02 Å². The molecule has 0 aliphatic rings. The SMILES string of the molecule is CCCc1nc(NC)cc(Oc2ccc(Cl)c(CC)c2)n1. The molecule has 0 fully saturated rings. The Morgan fingerprint density at radius 1 is 1.19 bits per heavy atom. The molecule has 5 heteroatoms. The van der Waals surface area contributed by atoms with E-state index in [0.29, 0.717) is 5.88 Å². The van der Waals surface area contributed by atoms with E-state index in [-0.39, 0.29) is 0 Å². The van der Waals surface area contributed by atoms with Gasteiger partial charge < -0.3 is 10.1 Å². The van der Waals surface area contributed by atoms with Crippen LogP contribution in [0.5, 0.6) is 11.6 Å². The molecule has 1 aromatic carbocycles. The van der Waals surface area contributed by atoms with Gasteiger partial charge in [-0.05, 0) is 36.6 Å². The topological polar surface area (TPSA) is 47.0 Å². The fourth-order valence-corrected chi connectivity index (χ4v) is 2.25. The van der Waals surface area contributed by atoms with Crippen molar-refractivity contribution in [3.05, 3.63) is 40.7 Å². The molecule has 4 nitrogen and oxygen atoms in total. The van der Waals surface area contributed by atoms with Crippen molar-refractivity contribution in [2.24, 2.45) is 0 Å². The van der Waals surface area contributed by atoms with E-state index in [9.17, 15) is 0 Å². The van der Waals surface area contributed by atoms with Crippen LogP contribution >= 0.6 is 11.6 Å². The fourth-order valence-electron chi connectivity index (χ4n) is 1.99. The number of benzene rings is 1. The predicted molar refractivity (Wildman–Crippen MR) is 86.5 cm³/mol. The van der Waals surface area contributed by atoms with Crippen LogP contribution in [0.1, 0.15) is 31.7 Å². The third-order valence-electron chi connectivity index (χ3n) is 3.10. The van der Waals surface area contributed by atoms with Gasteiger partial charge in [-0.3, -0.25) is 0 Å². The summed E-state index contributed by atoms with van der Waals surface area (Å²) in [5.41, 5.74) is 1.06. The van der Waals surface area contributed by atoms with Gasteiger partial charge in [0.1, 0.15) is 17.4 Å². The van der Waals surface area contributed by atoms with Crippen LogP contribution in [0, 0.1) is 0 Å². The average Bonchev–Trinajstić information content (AvgIpc) is 2.49. The first-order valence-electron chi connectivity index (χ1n) is 7.18. The quantitative estimate of drug-likeness (QED) is 0.855. The van der Waals surface area contributed by atoms with Gasteiger partial charge in [0, 0.05) is 24.6 Å². The average molecular weight is 306 g/mol. The summed E-state index contributed by atoms with van der Waals surface area (Å²) in [6, 6.07) is 7.44. The molecule has 2 rings (SSSR count). The number of nitrogens with zero attached hydrogens (tertiary/aromatic N) is 2. The molecule has 0 aliphatic carbocycles. The van der Waals surface area contributed by atoms with Gasteiger partial charge in [0.2, 0.25) is 5.88 Å². The van der Waals surface area contributed by atoms with Gasteiger partial charge in [-0.1, -0.05) is 25.4 Å². The highest BCUT2D eigenvalue weighted by Gasteiger charge is 2.07. The highest BCUT2D eigenvalue weighted by molar-refractivity contribution is 6.31. The number of hydrogen-bond donors (Lipinski definition) is 1. The smallest absolute Gasteiger partial charge is 0.224 e. The molecule has 0 bridgehead atoms. The molecule has 0 saturated carbocycles. The van der Waals surface area contributed by atoms with Crippen LogP contribution in [-0.2, 0) is 12.8 Å². The largest absolute Gasteiger partial charge is 0.439 e. The molecule has 0 amide bonds. The van der Waals surface area contributed by atoms with Gasteiger partial charge in [-0.25, -0.2) is 4.98 Å². The Balaban J connectivity index is 2.27. The van der Waals surface area contributed by atoms with Crippen molar-refractivity contribution in [3.8, 4) is 11.6 Å². The second kappa shape index (κ2) is 7.27. The number of rotatable bonds is 6. The molecule has 21 heavy (non-hydrogen) atoms. The van der Waals surface area contributed by atoms with E-state index >= 15 is 0 Å². The van der Waals surface area contributed by atoms with E-state index in [2.05, 4.69) is 29.1 Å². The lowest BCUT2D eigenvalue weighted by molar-refractivity contribution is 0.458. The normalized spacial score (nSPS) is 10.5. The van der Waals surface area contributed by atoms with Gasteiger partial charge in [-0.15, -0.1) is 0 Å². The highest BCUT2D eigenvalue weighted by Crippen LogP contribution is 2.26. The second-order valence-electron chi connectivity index (χ2n) is 4.72. The van der Waals surface area contributed by atoms with Crippen molar-refractivity contribution < 1.29 is 4.74 Å². The molecule has 0 atom stereocenters. The lowest BCUT2D eigenvalue weighted by Gasteiger charge is -2.10. The van der Waals surface area contributed by atoms with Crippen molar-refractivity contribution in [1.29, 1.82) is 0 Å². The number of aromatic nitrogens is 2. The molecule has 2 aromatic rings. The lowest BCUT2D eigenvalue weighted by atomic mass is 10.1. The summed E-state index contributed by atoms with van der Waals surface area (Å²) in [6.45, 7) is 4.16. The molecule has 0 spiro atoms. The lowest BCUT2D eigenvalue weighted by Crippen LogP contribution is -2.02. The molecule has 0 unspecified atom stereocenters. The maximum atomic E-state index is 6.12. The van der Waals surface area contributed by atoms with Gasteiger partial charge in [0.25, 0.3) is 0 Å². The van der Waals surface area contributed by atoms with E-state index in [1.807, 2.05) is 25.2 Å². The zero-order valence-electron chi connectivity index (χ0n) is 12.6.